The zero-order valence-electron chi connectivity index (χ0n) is 24.0. The standard InChI is InChI=1S/C31H46N4O3/c1-7-38-19-9-16-32-30(36)27-20-24(12-13-28(27)35-17-14-23(6)15-18-35)33-31(37)34-29-25(21(2)3)10-8-11-26(29)22(4)5/h8,10-13,20-23H,7,9,14-19H2,1-6H3,(H,32,36)(H2,33,34,37). The van der Waals surface area contributed by atoms with Crippen molar-refractivity contribution in [2.75, 3.05) is 48.4 Å². The van der Waals surface area contributed by atoms with E-state index in [-0.39, 0.29) is 23.8 Å². The first-order valence-electron chi connectivity index (χ1n) is 14.2. The molecule has 3 N–H and O–H groups in total. The third-order valence-electron chi connectivity index (χ3n) is 7.19. The van der Waals surface area contributed by atoms with E-state index in [2.05, 4.69) is 67.6 Å². The van der Waals surface area contributed by atoms with Crippen LogP contribution in [0.2, 0.25) is 0 Å². The van der Waals surface area contributed by atoms with Gasteiger partial charge in [0.25, 0.3) is 5.91 Å². The fourth-order valence-corrected chi connectivity index (χ4v) is 4.91. The van der Waals surface area contributed by atoms with Crippen LogP contribution in [0.4, 0.5) is 21.9 Å². The molecule has 3 amide bonds. The average molecular weight is 523 g/mol. The van der Waals surface area contributed by atoms with Crippen molar-refractivity contribution in [3.8, 4) is 0 Å². The lowest BCUT2D eigenvalue weighted by molar-refractivity contribution is 0.0944. The maximum Gasteiger partial charge on any atom is 0.323 e. The van der Waals surface area contributed by atoms with Crippen LogP contribution in [0, 0.1) is 5.92 Å². The van der Waals surface area contributed by atoms with Crippen molar-refractivity contribution in [3.63, 3.8) is 0 Å². The van der Waals surface area contributed by atoms with E-state index in [0.717, 1.165) is 54.9 Å². The van der Waals surface area contributed by atoms with Gasteiger partial charge in [-0.25, -0.2) is 4.79 Å². The molecule has 0 saturated carbocycles. The Balaban J connectivity index is 1.81. The van der Waals surface area contributed by atoms with Crippen molar-refractivity contribution < 1.29 is 14.3 Å². The molecule has 2 aromatic carbocycles. The van der Waals surface area contributed by atoms with Crippen LogP contribution in [0.25, 0.3) is 0 Å². The van der Waals surface area contributed by atoms with Gasteiger partial charge in [-0.3, -0.25) is 4.79 Å². The maximum absolute atomic E-state index is 13.3. The quantitative estimate of drug-likeness (QED) is 0.278. The minimum absolute atomic E-state index is 0.133. The first kappa shape index (κ1) is 29.5. The minimum atomic E-state index is -0.317. The van der Waals surface area contributed by atoms with Crippen LogP contribution < -0.4 is 20.9 Å². The molecule has 3 rings (SSSR count). The summed E-state index contributed by atoms with van der Waals surface area (Å²) < 4.78 is 5.39. The molecule has 38 heavy (non-hydrogen) atoms. The van der Waals surface area contributed by atoms with Gasteiger partial charge in [0.2, 0.25) is 0 Å². The number of rotatable bonds is 11. The van der Waals surface area contributed by atoms with Gasteiger partial charge in [-0.15, -0.1) is 0 Å². The first-order chi connectivity index (χ1) is 18.2. The van der Waals surface area contributed by atoms with Gasteiger partial charge in [-0.2, -0.15) is 0 Å². The topological polar surface area (TPSA) is 82.7 Å². The molecule has 7 nitrogen and oxygen atoms in total. The molecule has 0 bridgehead atoms. The fourth-order valence-electron chi connectivity index (χ4n) is 4.91. The van der Waals surface area contributed by atoms with E-state index in [1.165, 1.54) is 0 Å². The lowest BCUT2D eigenvalue weighted by Crippen LogP contribution is -2.35. The molecule has 1 heterocycles. The molecule has 0 aliphatic carbocycles. The van der Waals surface area contributed by atoms with Gasteiger partial charge < -0.3 is 25.6 Å². The highest BCUT2D eigenvalue weighted by molar-refractivity contribution is 6.04. The van der Waals surface area contributed by atoms with Gasteiger partial charge in [-0.1, -0.05) is 52.8 Å². The Morgan fingerprint density at radius 2 is 1.66 bits per heavy atom. The van der Waals surface area contributed by atoms with Crippen molar-refractivity contribution in [1.29, 1.82) is 0 Å². The van der Waals surface area contributed by atoms with Gasteiger partial charge in [0, 0.05) is 49.9 Å². The zero-order chi connectivity index (χ0) is 27.7. The van der Waals surface area contributed by atoms with E-state index >= 15 is 0 Å². The summed E-state index contributed by atoms with van der Waals surface area (Å²) in [7, 11) is 0. The Morgan fingerprint density at radius 1 is 1.00 bits per heavy atom. The first-order valence-corrected chi connectivity index (χ1v) is 14.2. The monoisotopic (exact) mass is 522 g/mol. The molecule has 0 spiro atoms. The predicted octanol–water partition coefficient (Wildman–Crippen LogP) is 6.97. The number of nitrogens with one attached hydrogen (secondary N) is 3. The van der Waals surface area contributed by atoms with E-state index in [0.29, 0.717) is 36.9 Å². The van der Waals surface area contributed by atoms with Crippen molar-refractivity contribution >= 4 is 29.0 Å². The lowest BCUT2D eigenvalue weighted by atomic mass is 9.93. The molecule has 7 heteroatoms. The number of benzene rings is 2. The second-order valence-electron chi connectivity index (χ2n) is 10.9. The van der Waals surface area contributed by atoms with Crippen LogP contribution in [0.1, 0.15) is 94.1 Å². The highest BCUT2D eigenvalue weighted by Crippen LogP contribution is 2.33. The Hall–Kier alpha value is -3.06. The van der Waals surface area contributed by atoms with Crippen LogP contribution in [0.5, 0.6) is 0 Å². The normalized spacial score (nSPS) is 14.2. The smallest absolute Gasteiger partial charge is 0.323 e. The number of nitrogens with zero attached hydrogens (tertiary/aromatic N) is 1. The van der Waals surface area contributed by atoms with E-state index in [4.69, 9.17) is 4.74 Å². The Labute approximate surface area is 228 Å². The summed E-state index contributed by atoms with van der Waals surface area (Å²) in [6.45, 7) is 16.4. The Morgan fingerprint density at radius 3 is 2.26 bits per heavy atom. The highest BCUT2D eigenvalue weighted by atomic mass is 16.5. The summed E-state index contributed by atoms with van der Waals surface area (Å²) in [6.07, 6.45) is 2.96. The number of ether oxygens (including phenoxy) is 1. The molecular formula is C31H46N4O3. The van der Waals surface area contributed by atoms with E-state index < -0.39 is 0 Å². The van der Waals surface area contributed by atoms with E-state index in [9.17, 15) is 9.59 Å². The minimum Gasteiger partial charge on any atom is -0.382 e. The van der Waals surface area contributed by atoms with Gasteiger partial charge >= 0.3 is 6.03 Å². The second kappa shape index (κ2) is 14.2. The molecule has 0 unspecified atom stereocenters. The summed E-state index contributed by atoms with van der Waals surface area (Å²) in [6, 6.07) is 11.5. The van der Waals surface area contributed by atoms with Gasteiger partial charge in [0.05, 0.1) is 5.56 Å². The number of hydrogen-bond acceptors (Lipinski definition) is 4. The summed E-state index contributed by atoms with van der Waals surface area (Å²) in [5.74, 6) is 1.10. The number of para-hydroxylation sites is 1. The third-order valence-corrected chi connectivity index (χ3v) is 7.19. The largest absolute Gasteiger partial charge is 0.382 e. The third kappa shape index (κ3) is 7.97. The van der Waals surface area contributed by atoms with Gasteiger partial charge in [0.15, 0.2) is 0 Å². The van der Waals surface area contributed by atoms with E-state index in [1.807, 2.05) is 25.1 Å². The lowest BCUT2D eigenvalue weighted by Gasteiger charge is -2.33. The van der Waals surface area contributed by atoms with Crippen LogP contribution in [0.3, 0.4) is 0 Å². The molecule has 0 atom stereocenters. The SMILES string of the molecule is CCOCCCNC(=O)c1cc(NC(=O)Nc2c(C(C)C)cccc2C(C)C)ccc1N1CCC(C)CC1. The second-order valence-corrected chi connectivity index (χ2v) is 10.9. The van der Waals surface area contributed by atoms with E-state index in [1.54, 1.807) is 6.07 Å². The average Bonchev–Trinajstić information content (AvgIpc) is 2.88. The van der Waals surface area contributed by atoms with Crippen molar-refractivity contribution in [2.24, 2.45) is 5.92 Å². The molecule has 0 radical (unpaired) electrons. The Bertz CT molecular complexity index is 1050. The number of carbonyl (C=O) groups is 2. The van der Waals surface area contributed by atoms with Crippen molar-refractivity contribution in [2.45, 2.75) is 72.6 Å². The summed E-state index contributed by atoms with van der Waals surface area (Å²) in [5, 5.41) is 9.10. The van der Waals surface area contributed by atoms with Crippen LogP contribution in [-0.2, 0) is 4.74 Å². The number of carbonyl (C=O) groups excluding carboxylic acids is 2. The number of anilines is 3. The molecule has 1 aliphatic rings. The summed E-state index contributed by atoms with van der Waals surface area (Å²) in [4.78, 5) is 28.7. The molecule has 1 saturated heterocycles. The summed E-state index contributed by atoms with van der Waals surface area (Å²) in [5.41, 5.74) is 5.16. The number of piperidine rings is 1. The van der Waals surface area contributed by atoms with Crippen LogP contribution in [-0.4, -0.2) is 44.8 Å². The van der Waals surface area contributed by atoms with Gasteiger partial charge in [0.1, 0.15) is 0 Å². The zero-order valence-corrected chi connectivity index (χ0v) is 24.0. The molecule has 1 fully saturated rings. The number of urea groups is 1. The van der Waals surface area contributed by atoms with Crippen LogP contribution in [0.15, 0.2) is 36.4 Å². The predicted molar refractivity (Wildman–Crippen MR) is 158 cm³/mol. The van der Waals surface area contributed by atoms with Crippen molar-refractivity contribution in [3.05, 3.63) is 53.1 Å². The molecular weight excluding hydrogens is 476 g/mol. The van der Waals surface area contributed by atoms with Crippen molar-refractivity contribution in [1.82, 2.24) is 5.32 Å². The highest BCUT2D eigenvalue weighted by Gasteiger charge is 2.22. The molecule has 2 aromatic rings. The number of hydrogen-bond donors (Lipinski definition) is 3. The maximum atomic E-state index is 13.3. The Kier molecular flexibility index (Phi) is 11.0. The van der Waals surface area contributed by atoms with Gasteiger partial charge in [-0.05, 0) is 73.3 Å². The molecule has 0 aromatic heterocycles. The molecule has 1 aliphatic heterocycles. The fraction of sp³-hybridized carbons (Fsp3) is 0.548. The van der Waals surface area contributed by atoms with Crippen LogP contribution >= 0.6 is 0 Å². The summed E-state index contributed by atoms with van der Waals surface area (Å²) >= 11 is 0. The molecule has 208 valence electrons. The number of amides is 3.